The van der Waals surface area contributed by atoms with Gasteiger partial charge in [-0.1, -0.05) is 5.16 Å². The molecule has 27 heavy (non-hydrogen) atoms. The lowest BCUT2D eigenvalue weighted by Crippen LogP contribution is -2.40. The molecule has 1 saturated heterocycles. The van der Waals surface area contributed by atoms with Gasteiger partial charge in [0.05, 0.1) is 18.4 Å². The molecule has 0 aromatic carbocycles. The van der Waals surface area contributed by atoms with Gasteiger partial charge in [-0.15, -0.1) is 0 Å². The molecule has 7 nitrogen and oxygen atoms in total. The minimum atomic E-state index is -2.75. The van der Waals surface area contributed by atoms with Gasteiger partial charge in [0.15, 0.2) is 0 Å². The van der Waals surface area contributed by atoms with Crippen LogP contribution in [0.15, 0.2) is 21.7 Å². The molecule has 2 aromatic heterocycles. The summed E-state index contributed by atoms with van der Waals surface area (Å²) in [6.45, 7) is 5.23. The molecule has 0 unspecified atom stereocenters. The summed E-state index contributed by atoms with van der Waals surface area (Å²) in [5.41, 5.74) is 0.585. The van der Waals surface area contributed by atoms with E-state index in [1.165, 1.54) is 10.9 Å². The largest absolute Gasteiger partial charge is 0.361 e. The molecule has 1 amide bonds. The number of rotatable bonds is 5. The highest BCUT2D eigenvalue weighted by atomic mass is 19.3. The Hall–Kier alpha value is -2.58. The number of carbonyl (C=O) groups is 1. The Bertz CT molecular complexity index is 850. The molecule has 2 aromatic rings. The molecule has 9 heteroatoms. The Morgan fingerprint density at radius 2 is 2.04 bits per heavy atom. The Morgan fingerprint density at radius 3 is 2.59 bits per heavy atom. The van der Waals surface area contributed by atoms with Crippen molar-refractivity contribution < 1.29 is 18.1 Å². The van der Waals surface area contributed by atoms with E-state index < -0.39 is 17.7 Å². The number of alkyl halides is 2. The van der Waals surface area contributed by atoms with Crippen LogP contribution in [0.25, 0.3) is 0 Å². The summed E-state index contributed by atoms with van der Waals surface area (Å²) in [7, 11) is 0. The second-order valence-corrected chi connectivity index (χ2v) is 6.91. The molecule has 3 heterocycles. The van der Waals surface area contributed by atoms with Crippen LogP contribution in [-0.4, -0.2) is 38.6 Å². The van der Waals surface area contributed by atoms with Crippen LogP contribution in [0.4, 0.5) is 8.78 Å². The van der Waals surface area contributed by atoms with E-state index >= 15 is 0 Å². The monoisotopic (exact) mass is 380 g/mol. The Morgan fingerprint density at radius 1 is 1.33 bits per heavy atom. The van der Waals surface area contributed by atoms with Crippen molar-refractivity contribution in [3.63, 3.8) is 0 Å². The van der Waals surface area contributed by atoms with Gasteiger partial charge >= 0.3 is 0 Å². The fourth-order valence-corrected chi connectivity index (χ4v) is 3.36. The van der Waals surface area contributed by atoms with Crippen LogP contribution in [-0.2, 0) is 17.8 Å². The van der Waals surface area contributed by atoms with E-state index in [1.54, 1.807) is 6.92 Å². The zero-order valence-electron chi connectivity index (χ0n) is 15.3. The van der Waals surface area contributed by atoms with Gasteiger partial charge in [0.25, 0.3) is 12.0 Å². The van der Waals surface area contributed by atoms with E-state index in [2.05, 4.69) is 10.1 Å². The summed E-state index contributed by atoms with van der Waals surface area (Å²) in [6, 6.07) is 0.882. The van der Waals surface area contributed by atoms with Gasteiger partial charge in [0.2, 0.25) is 5.91 Å². The predicted molar refractivity (Wildman–Crippen MR) is 92.4 cm³/mol. The maximum atomic E-state index is 12.6. The lowest BCUT2D eigenvalue weighted by molar-refractivity contribution is -0.131. The topological polar surface area (TPSA) is 81.2 Å². The molecule has 3 rings (SSSR count). The SMILES string of the molecule is Cc1noc(C)c1CC(=O)N1CCC(Cn2cnc(C(F)F)cc2=O)CC1. The van der Waals surface area contributed by atoms with Crippen LogP contribution in [0.3, 0.4) is 0 Å². The molecule has 1 aliphatic rings. The predicted octanol–water partition coefficient (Wildman–Crippen LogP) is 2.27. The number of aromatic nitrogens is 3. The molecular formula is C18H22F2N4O3. The van der Waals surface area contributed by atoms with Gasteiger partial charge in [0, 0.05) is 31.3 Å². The Labute approximate surface area is 155 Å². The van der Waals surface area contributed by atoms with Crippen LogP contribution in [0.5, 0.6) is 0 Å². The van der Waals surface area contributed by atoms with E-state index in [0.29, 0.717) is 25.4 Å². The van der Waals surface area contributed by atoms with Crippen molar-refractivity contribution in [2.45, 2.75) is 46.1 Å². The van der Waals surface area contributed by atoms with Crippen LogP contribution in [0.1, 0.15) is 42.0 Å². The van der Waals surface area contributed by atoms with Crippen molar-refractivity contribution in [2.75, 3.05) is 13.1 Å². The van der Waals surface area contributed by atoms with Crippen LogP contribution < -0.4 is 5.56 Å². The fraction of sp³-hybridized carbons (Fsp3) is 0.556. The van der Waals surface area contributed by atoms with Crippen molar-refractivity contribution >= 4 is 5.91 Å². The molecule has 0 aliphatic carbocycles. The number of aryl methyl sites for hydroxylation is 2. The first-order valence-corrected chi connectivity index (χ1v) is 8.89. The number of carbonyl (C=O) groups excluding carboxylic acids is 1. The Balaban J connectivity index is 1.54. The Kier molecular flexibility index (Phi) is 5.67. The molecule has 146 valence electrons. The summed E-state index contributed by atoms with van der Waals surface area (Å²) in [6.07, 6.45) is 0.190. The number of piperidine rings is 1. The molecule has 1 fully saturated rings. The highest BCUT2D eigenvalue weighted by molar-refractivity contribution is 5.79. The number of amides is 1. The van der Waals surface area contributed by atoms with E-state index in [-0.39, 0.29) is 18.2 Å². The zero-order valence-corrected chi connectivity index (χ0v) is 15.3. The smallest absolute Gasteiger partial charge is 0.280 e. The number of nitrogens with zero attached hydrogens (tertiary/aromatic N) is 4. The summed E-state index contributed by atoms with van der Waals surface area (Å²) in [4.78, 5) is 29.9. The second-order valence-electron chi connectivity index (χ2n) is 6.91. The molecule has 0 atom stereocenters. The van der Waals surface area contributed by atoms with E-state index in [4.69, 9.17) is 4.52 Å². The number of halogens is 2. The molecule has 0 bridgehead atoms. The maximum absolute atomic E-state index is 12.6. The number of likely N-dealkylation sites (tertiary alicyclic amines) is 1. The van der Waals surface area contributed by atoms with Crippen molar-refractivity contribution in [3.05, 3.63) is 45.5 Å². The maximum Gasteiger partial charge on any atom is 0.280 e. The fourth-order valence-electron chi connectivity index (χ4n) is 3.36. The van der Waals surface area contributed by atoms with Crippen molar-refractivity contribution in [3.8, 4) is 0 Å². The third-order valence-corrected chi connectivity index (χ3v) is 5.06. The van der Waals surface area contributed by atoms with E-state index in [1.807, 2.05) is 11.8 Å². The van der Waals surface area contributed by atoms with Crippen molar-refractivity contribution in [1.29, 1.82) is 0 Å². The highest BCUT2D eigenvalue weighted by Gasteiger charge is 2.25. The normalized spacial score (nSPS) is 15.5. The first-order valence-electron chi connectivity index (χ1n) is 8.89. The number of hydrogen-bond acceptors (Lipinski definition) is 5. The van der Waals surface area contributed by atoms with Crippen LogP contribution in [0, 0.1) is 19.8 Å². The van der Waals surface area contributed by atoms with Gasteiger partial charge in [-0.3, -0.25) is 14.2 Å². The van der Waals surface area contributed by atoms with Crippen LogP contribution >= 0.6 is 0 Å². The third-order valence-electron chi connectivity index (χ3n) is 5.06. The molecule has 0 N–H and O–H groups in total. The average molecular weight is 380 g/mol. The van der Waals surface area contributed by atoms with E-state index in [9.17, 15) is 18.4 Å². The van der Waals surface area contributed by atoms with Gasteiger partial charge in [-0.25, -0.2) is 13.8 Å². The number of hydrogen-bond donors (Lipinski definition) is 0. The van der Waals surface area contributed by atoms with Crippen molar-refractivity contribution in [2.24, 2.45) is 5.92 Å². The minimum Gasteiger partial charge on any atom is -0.361 e. The third kappa shape index (κ3) is 4.40. The van der Waals surface area contributed by atoms with Crippen LogP contribution in [0.2, 0.25) is 0 Å². The van der Waals surface area contributed by atoms with Gasteiger partial charge in [-0.2, -0.15) is 0 Å². The zero-order chi connectivity index (χ0) is 19.6. The first kappa shape index (κ1) is 19.2. The lowest BCUT2D eigenvalue weighted by Gasteiger charge is -2.32. The summed E-state index contributed by atoms with van der Waals surface area (Å²) in [5.74, 6) is 0.892. The quantitative estimate of drug-likeness (QED) is 0.795. The highest BCUT2D eigenvalue weighted by Crippen LogP contribution is 2.21. The molecule has 0 radical (unpaired) electrons. The van der Waals surface area contributed by atoms with E-state index in [0.717, 1.165) is 30.2 Å². The summed E-state index contributed by atoms with van der Waals surface area (Å²) in [5, 5.41) is 3.87. The standard InChI is InChI=1S/C18H22F2N4O3/c1-11-14(12(2)27-22-11)7-16(25)23-5-3-13(4-6-23)9-24-10-21-15(18(19)20)8-17(24)26/h8,10,13,18H,3-7,9H2,1-2H3. The molecule has 1 aliphatic heterocycles. The van der Waals surface area contributed by atoms with Gasteiger partial charge in [0.1, 0.15) is 11.5 Å². The lowest BCUT2D eigenvalue weighted by atomic mass is 9.96. The van der Waals surface area contributed by atoms with Gasteiger partial charge < -0.3 is 9.42 Å². The second kappa shape index (κ2) is 7.98. The molecule has 0 saturated carbocycles. The van der Waals surface area contributed by atoms with Crippen molar-refractivity contribution in [1.82, 2.24) is 19.6 Å². The van der Waals surface area contributed by atoms with Gasteiger partial charge in [-0.05, 0) is 32.6 Å². The minimum absolute atomic E-state index is 0.0305. The molecule has 0 spiro atoms. The summed E-state index contributed by atoms with van der Waals surface area (Å²) < 4.78 is 31.6. The summed E-state index contributed by atoms with van der Waals surface area (Å²) >= 11 is 0. The molecular weight excluding hydrogens is 358 g/mol. The first-order chi connectivity index (χ1) is 12.8. The average Bonchev–Trinajstić information content (AvgIpc) is 2.95.